The summed E-state index contributed by atoms with van der Waals surface area (Å²) in [5.74, 6) is 0.887. The zero-order valence-corrected chi connectivity index (χ0v) is 7.50. The Morgan fingerprint density at radius 3 is 2.46 bits per heavy atom. The Kier molecular flexibility index (Phi) is 2.60. The van der Waals surface area contributed by atoms with Gasteiger partial charge in [-0.2, -0.15) is 5.26 Å². The summed E-state index contributed by atoms with van der Waals surface area (Å²) in [6.45, 7) is 0. The first-order chi connectivity index (χ1) is 6.24. The van der Waals surface area contributed by atoms with Gasteiger partial charge in [-0.25, -0.2) is 0 Å². The molecule has 4 heteroatoms. The van der Waals surface area contributed by atoms with Crippen molar-refractivity contribution in [2.45, 2.75) is 0 Å². The smallest absolute Gasteiger partial charge is 0.180 e. The fourth-order valence-electron chi connectivity index (χ4n) is 1.06. The van der Waals surface area contributed by atoms with E-state index in [1.54, 1.807) is 12.1 Å². The number of nitrogen functional groups attached to an aromatic ring is 1. The molecule has 0 amide bonds. The van der Waals surface area contributed by atoms with E-state index in [-0.39, 0.29) is 0 Å². The number of nitrogens with two attached hydrogens (primary N) is 1. The van der Waals surface area contributed by atoms with Gasteiger partial charge in [0.15, 0.2) is 11.5 Å². The summed E-state index contributed by atoms with van der Waals surface area (Å²) in [6, 6.07) is 5.23. The summed E-state index contributed by atoms with van der Waals surface area (Å²) in [5, 5.41) is 8.78. The fourth-order valence-corrected chi connectivity index (χ4v) is 1.06. The highest BCUT2D eigenvalue weighted by atomic mass is 16.5. The third-order valence-electron chi connectivity index (χ3n) is 1.69. The molecule has 0 aromatic heterocycles. The van der Waals surface area contributed by atoms with E-state index >= 15 is 0 Å². The maximum absolute atomic E-state index is 8.78. The molecule has 68 valence electrons. The number of methoxy groups -OCH3 is 2. The lowest BCUT2D eigenvalue weighted by molar-refractivity contribution is 0.354. The molecule has 1 aromatic rings. The first-order valence-electron chi connectivity index (χ1n) is 3.65. The van der Waals surface area contributed by atoms with E-state index in [1.807, 2.05) is 6.07 Å². The van der Waals surface area contributed by atoms with Gasteiger partial charge in [-0.05, 0) is 12.1 Å². The molecule has 0 aliphatic heterocycles. The molecule has 0 spiro atoms. The highest BCUT2D eigenvalue weighted by molar-refractivity contribution is 5.65. The van der Waals surface area contributed by atoms with Gasteiger partial charge in [0.25, 0.3) is 0 Å². The highest BCUT2D eigenvalue weighted by Gasteiger charge is 2.12. The second-order valence-electron chi connectivity index (χ2n) is 2.38. The summed E-state index contributed by atoms with van der Waals surface area (Å²) < 4.78 is 10.0. The molecule has 0 aliphatic carbocycles. The molecule has 0 saturated heterocycles. The largest absolute Gasteiger partial charge is 0.493 e. The monoisotopic (exact) mass is 178 g/mol. The van der Waals surface area contributed by atoms with Crippen LogP contribution in [0, 0.1) is 11.3 Å². The quantitative estimate of drug-likeness (QED) is 0.690. The maximum Gasteiger partial charge on any atom is 0.180 e. The number of ether oxygens (including phenoxy) is 2. The zero-order valence-electron chi connectivity index (χ0n) is 7.50. The van der Waals surface area contributed by atoms with Crippen molar-refractivity contribution in [2.75, 3.05) is 20.0 Å². The summed E-state index contributed by atoms with van der Waals surface area (Å²) in [5.41, 5.74) is 6.27. The molecular formula is C9H10N2O2. The molecule has 2 N–H and O–H groups in total. The van der Waals surface area contributed by atoms with E-state index in [0.29, 0.717) is 22.7 Å². The molecule has 1 aromatic carbocycles. The zero-order chi connectivity index (χ0) is 9.84. The van der Waals surface area contributed by atoms with Crippen molar-refractivity contribution in [2.24, 2.45) is 0 Å². The van der Waals surface area contributed by atoms with Crippen LogP contribution in [-0.2, 0) is 0 Å². The molecular weight excluding hydrogens is 168 g/mol. The Morgan fingerprint density at radius 1 is 1.31 bits per heavy atom. The van der Waals surface area contributed by atoms with Crippen LogP contribution in [0.25, 0.3) is 0 Å². The Labute approximate surface area is 76.5 Å². The van der Waals surface area contributed by atoms with Gasteiger partial charge in [-0.15, -0.1) is 0 Å². The van der Waals surface area contributed by atoms with Crippen LogP contribution in [-0.4, -0.2) is 14.2 Å². The van der Waals surface area contributed by atoms with Gasteiger partial charge in [0, 0.05) is 0 Å². The van der Waals surface area contributed by atoms with Crippen molar-refractivity contribution >= 4 is 5.69 Å². The van der Waals surface area contributed by atoms with Crippen LogP contribution in [0.1, 0.15) is 5.56 Å². The average Bonchev–Trinajstić information content (AvgIpc) is 2.17. The average molecular weight is 178 g/mol. The van der Waals surface area contributed by atoms with Crippen LogP contribution in [0.4, 0.5) is 5.69 Å². The summed E-state index contributed by atoms with van der Waals surface area (Å²) >= 11 is 0. The van der Waals surface area contributed by atoms with E-state index in [9.17, 15) is 0 Å². The van der Waals surface area contributed by atoms with Crippen molar-refractivity contribution in [1.82, 2.24) is 0 Å². The minimum atomic E-state index is 0.307. The van der Waals surface area contributed by atoms with Crippen LogP contribution in [0.5, 0.6) is 11.5 Å². The van der Waals surface area contributed by atoms with Gasteiger partial charge in [0.2, 0.25) is 0 Å². The lowest BCUT2D eigenvalue weighted by atomic mass is 10.1. The van der Waals surface area contributed by atoms with E-state index in [2.05, 4.69) is 0 Å². The van der Waals surface area contributed by atoms with Crippen molar-refractivity contribution < 1.29 is 9.47 Å². The van der Waals surface area contributed by atoms with Crippen molar-refractivity contribution in [3.8, 4) is 17.6 Å². The second kappa shape index (κ2) is 3.68. The minimum absolute atomic E-state index is 0.307. The lowest BCUT2D eigenvalue weighted by Crippen LogP contribution is -1.97. The standard InChI is InChI=1S/C9H10N2O2/c1-12-8-4-3-7(11)6(5-10)9(8)13-2/h3-4H,11H2,1-2H3. The fraction of sp³-hybridized carbons (Fsp3) is 0.222. The molecule has 0 bridgehead atoms. The molecule has 13 heavy (non-hydrogen) atoms. The Hall–Kier alpha value is -1.89. The normalized spacial score (nSPS) is 9.00. The highest BCUT2D eigenvalue weighted by Crippen LogP contribution is 2.33. The van der Waals surface area contributed by atoms with Gasteiger partial charge in [0.05, 0.1) is 19.9 Å². The number of hydrogen-bond donors (Lipinski definition) is 1. The van der Waals surface area contributed by atoms with Gasteiger partial charge < -0.3 is 15.2 Å². The number of benzene rings is 1. The molecule has 0 radical (unpaired) electrons. The number of nitrogens with zero attached hydrogens (tertiary/aromatic N) is 1. The summed E-state index contributed by atoms with van der Waals surface area (Å²) in [4.78, 5) is 0. The van der Waals surface area contributed by atoms with Crippen molar-refractivity contribution in [3.05, 3.63) is 17.7 Å². The second-order valence-corrected chi connectivity index (χ2v) is 2.38. The molecule has 0 aliphatic rings. The van der Waals surface area contributed by atoms with E-state index < -0.39 is 0 Å². The molecule has 0 fully saturated rings. The van der Waals surface area contributed by atoms with Crippen LogP contribution in [0.2, 0.25) is 0 Å². The number of rotatable bonds is 2. The third-order valence-corrected chi connectivity index (χ3v) is 1.69. The van der Waals surface area contributed by atoms with Crippen LogP contribution < -0.4 is 15.2 Å². The van der Waals surface area contributed by atoms with Gasteiger partial charge >= 0.3 is 0 Å². The predicted molar refractivity (Wildman–Crippen MR) is 48.7 cm³/mol. The Balaban J connectivity index is 3.38. The molecule has 4 nitrogen and oxygen atoms in total. The number of hydrogen-bond acceptors (Lipinski definition) is 4. The Morgan fingerprint density at radius 2 is 2.00 bits per heavy atom. The van der Waals surface area contributed by atoms with Gasteiger partial charge in [-0.3, -0.25) is 0 Å². The topological polar surface area (TPSA) is 68.3 Å². The summed E-state index contributed by atoms with van der Waals surface area (Å²) in [7, 11) is 2.98. The first kappa shape index (κ1) is 9.20. The first-order valence-corrected chi connectivity index (χ1v) is 3.65. The van der Waals surface area contributed by atoms with E-state index in [4.69, 9.17) is 20.5 Å². The molecule has 0 saturated carbocycles. The minimum Gasteiger partial charge on any atom is -0.493 e. The van der Waals surface area contributed by atoms with Gasteiger partial charge in [-0.1, -0.05) is 0 Å². The SMILES string of the molecule is COc1ccc(N)c(C#N)c1OC. The number of nitriles is 1. The maximum atomic E-state index is 8.78. The Bertz CT molecular complexity index is 355. The van der Waals surface area contributed by atoms with Crippen LogP contribution in [0.15, 0.2) is 12.1 Å². The van der Waals surface area contributed by atoms with Crippen molar-refractivity contribution in [3.63, 3.8) is 0 Å². The summed E-state index contributed by atoms with van der Waals surface area (Å²) in [6.07, 6.45) is 0. The third kappa shape index (κ3) is 1.49. The molecule has 0 atom stereocenters. The van der Waals surface area contributed by atoms with Gasteiger partial charge in [0.1, 0.15) is 11.6 Å². The molecule has 0 unspecified atom stereocenters. The number of anilines is 1. The van der Waals surface area contributed by atoms with E-state index in [0.717, 1.165) is 0 Å². The lowest BCUT2D eigenvalue weighted by Gasteiger charge is -2.09. The molecule has 0 heterocycles. The van der Waals surface area contributed by atoms with E-state index in [1.165, 1.54) is 14.2 Å². The van der Waals surface area contributed by atoms with Crippen molar-refractivity contribution in [1.29, 1.82) is 5.26 Å². The van der Waals surface area contributed by atoms with Crippen LogP contribution in [0.3, 0.4) is 0 Å². The predicted octanol–water partition coefficient (Wildman–Crippen LogP) is 1.16. The van der Waals surface area contributed by atoms with Crippen LogP contribution >= 0.6 is 0 Å². The molecule has 1 rings (SSSR count).